The van der Waals surface area contributed by atoms with E-state index in [0.717, 1.165) is 26.2 Å². The summed E-state index contributed by atoms with van der Waals surface area (Å²) in [5, 5.41) is 6.24. The van der Waals surface area contributed by atoms with E-state index in [1.807, 2.05) is 23.1 Å². The van der Waals surface area contributed by atoms with Crippen LogP contribution in [0.4, 0.5) is 11.5 Å². The molecule has 0 bridgehead atoms. The number of benzene rings is 1. The molecule has 0 spiro atoms. The van der Waals surface area contributed by atoms with Gasteiger partial charge in [-0.05, 0) is 30.0 Å². The van der Waals surface area contributed by atoms with Crippen molar-refractivity contribution in [1.29, 1.82) is 0 Å². The second-order valence-corrected chi connectivity index (χ2v) is 9.15. The normalized spacial score (nSPS) is 14.0. The molecular weight excluding hydrogens is 402 g/mol. The maximum absolute atomic E-state index is 13.7. The SMILES string of the molecule is CC(C)CN(CC(C)C)C(=O)c1cc(NC(=O)c2ccccc2)cnc1N1CCNCC1. The average Bonchev–Trinajstić information content (AvgIpc) is 2.78. The lowest BCUT2D eigenvalue weighted by Crippen LogP contribution is -2.45. The van der Waals surface area contributed by atoms with Gasteiger partial charge in [0, 0.05) is 44.8 Å². The molecule has 1 aromatic heterocycles. The highest BCUT2D eigenvalue weighted by atomic mass is 16.2. The first-order valence-electron chi connectivity index (χ1n) is 11.5. The van der Waals surface area contributed by atoms with Crippen molar-refractivity contribution in [2.45, 2.75) is 27.7 Å². The Labute approximate surface area is 191 Å². The van der Waals surface area contributed by atoms with Gasteiger partial charge in [0.15, 0.2) is 0 Å². The van der Waals surface area contributed by atoms with E-state index in [-0.39, 0.29) is 11.8 Å². The van der Waals surface area contributed by atoms with Crippen molar-refractivity contribution >= 4 is 23.3 Å². The molecule has 2 N–H and O–H groups in total. The van der Waals surface area contributed by atoms with Gasteiger partial charge in [0.25, 0.3) is 11.8 Å². The van der Waals surface area contributed by atoms with Crippen LogP contribution < -0.4 is 15.5 Å². The van der Waals surface area contributed by atoms with Crippen LogP contribution in [0.5, 0.6) is 0 Å². The van der Waals surface area contributed by atoms with E-state index in [0.29, 0.717) is 47.6 Å². The molecule has 0 saturated carbocycles. The van der Waals surface area contributed by atoms with Crippen LogP contribution in [0.2, 0.25) is 0 Å². The molecule has 1 fully saturated rings. The Balaban J connectivity index is 1.94. The summed E-state index contributed by atoms with van der Waals surface area (Å²) in [7, 11) is 0. The molecule has 1 aliphatic rings. The molecular formula is C25H35N5O2. The number of carbonyl (C=O) groups excluding carboxylic acids is 2. The van der Waals surface area contributed by atoms with Gasteiger partial charge in [0.1, 0.15) is 5.82 Å². The summed E-state index contributed by atoms with van der Waals surface area (Å²) in [6.45, 7) is 13.1. The number of rotatable bonds is 8. The van der Waals surface area contributed by atoms with Crippen molar-refractivity contribution in [3.63, 3.8) is 0 Å². The molecule has 2 heterocycles. The third-order valence-electron chi connectivity index (χ3n) is 5.27. The number of hydrogen-bond acceptors (Lipinski definition) is 5. The Morgan fingerprint density at radius 3 is 2.28 bits per heavy atom. The number of amides is 2. The van der Waals surface area contributed by atoms with Crippen LogP contribution in [-0.4, -0.2) is 61.0 Å². The first-order chi connectivity index (χ1) is 15.3. The maximum Gasteiger partial charge on any atom is 0.257 e. The maximum atomic E-state index is 13.7. The summed E-state index contributed by atoms with van der Waals surface area (Å²) in [6, 6.07) is 10.8. The van der Waals surface area contributed by atoms with Crippen LogP contribution in [0.25, 0.3) is 0 Å². The van der Waals surface area contributed by atoms with E-state index in [1.165, 1.54) is 0 Å². The smallest absolute Gasteiger partial charge is 0.257 e. The van der Waals surface area contributed by atoms with Gasteiger partial charge < -0.3 is 20.4 Å². The van der Waals surface area contributed by atoms with Crippen LogP contribution in [0.3, 0.4) is 0 Å². The molecule has 1 saturated heterocycles. The zero-order valence-corrected chi connectivity index (χ0v) is 19.6. The van der Waals surface area contributed by atoms with E-state index in [9.17, 15) is 9.59 Å². The van der Waals surface area contributed by atoms with Gasteiger partial charge in [0.05, 0.1) is 17.4 Å². The average molecular weight is 438 g/mol. The number of pyridine rings is 1. The molecule has 7 heteroatoms. The van der Waals surface area contributed by atoms with Crippen LogP contribution in [0.15, 0.2) is 42.6 Å². The monoisotopic (exact) mass is 437 g/mol. The number of carbonyl (C=O) groups is 2. The lowest BCUT2D eigenvalue weighted by molar-refractivity contribution is 0.0715. The standard InChI is InChI=1S/C25H35N5O2/c1-18(2)16-30(17-19(3)4)25(32)22-14-21(28-24(31)20-8-6-5-7-9-20)15-27-23(22)29-12-10-26-11-13-29/h5-9,14-15,18-19,26H,10-13,16-17H2,1-4H3,(H,28,31). The second kappa shape index (κ2) is 11.1. The third-order valence-corrected chi connectivity index (χ3v) is 5.27. The first-order valence-corrected chi connectivity index (χ1v) is 11.5. The Morgan fingerprint density at radius 2 is 1.69 bits per heavy atom. The minimum atomic E-state index is -0.220. The summed E-state index contributed by atoms with van der Waals surface area (Å²) in [4.78, 5) is 35.1. The molecule has 0 radical (unpaired) electrons. The van der Waals surface area contributed by atoms with Gasteiger partial charge in [-0.15, -0.1) is 0 Å². The Hall–Kier alpha value is -2.93. The van der Waals surface area contributed by atoms with Crippen LogP contribution in [0, 0.1) is 11.8 Å². The zero-order chi connectivity index (χ0) is 23.1. The Morgan fingerprint density at radius 1 is 1.06 bits per heavy atom. The predicted molar refractivity (Wildman–Crippen MR) is 129 cm³/mol. The molecule has 2 amide bonds. The van der Waals surface area contributed by atoms with Gasteiger partial charge in [-0.25, -0.2) is 4.98 Å². The van der Waals surface area contributed by atoms with Gasteiger partial charge in [-0.3, -0.25) is 9.59 Å². The Kier molecular flexibility index (Phi) is 8.22. The van der Waals surface area contributed by atoms with Gasteiger partial charge in [0.2, 0.25) is 0 Å². The molecule has 32 heavy (non-hydrogen) atoms. The Bertz CT molecular complexity index is 898. The minimum absolute atomic E-state index is 0.0377. The number of nitrogens with zero attached hydrogens (tertiary/aromatic N) is 3. The second-order valence-electron chi connectivity index (χ2n) is 9.15. The van der Waals surface area contributed by atoms with Crippen molar-refractivity contribution in [1.82, 2.24) is 15.2 Å². The summed E-state index contributed by atoms with van der Waals surface area (Å²) < 4.78 is 0. The van der Waals surface area contributed by atoms with Crippen LogP contribution >= 0.6 is 0 Å². The highest BCUT2D eigenvalue weighted by Gasteiger charge is 2.25. The van der Waals surface area contributed by atoms with Gasteiger partial charge in [-0.2, -0.15) is 0 Å². The summed E-state index contributed by atoms with van der Waals surface area (Å²) in [5.74, 6) is 1.14. The number of hydrogen-bond donors (Lipinski definition) is 2. The van der Waals surface area contributed by atoms with E-state index in [2.05, 4.69) is 48.2 Å². The highest BCUT2D eigenvalue weighted by Crippen LogP contribution is 2.25. The molecule has 0 aliphatic carbocycles. The quantitative estimate of drug-likeness (QED) is 0.661. The predicted octanol–water partition coefficient (Wildman–Crippen LogP) is 3.50. The van der Waals surface area contributed by atoms with Crippen molar-refractivity contribution < 1.29 is 9.59 Å². The first kappa shape index (κ1) is 23.7. The van der Waals surface area contributed by atoms with E-state index < -0.39 is 0 Å². The third kappa shape index (κ3) is 6.29. The number of piperazine rings is 1. The van der Waals surface area contributed by atoms with Crippen molar-refractivity contribution in [3.05, 3.63) is 53.7 Å². The molecule has 172 valence electrons. The molecule has 0 atom stereocenters. The zero-order valence-electron chi connectivity index (χ0n) is 19.6. The minimum Gasteiger partial charge on any atom is -0.353 e. The van der Waals surface area contributed by atoms with E-state index in [1.54, 1.807) is 24.4 Å². The fourth-order valence-electron chi connectivity index (χ4n) is 3.90. The van der Waals surface area contributed by atoms with Crippen molar-refractivity contribution in [2.24, 2.45) is 11.8 Å². The molecule has 0 unspecified atom stereocenters. The van der Waals surface area contributed by atoms with Gasteiger partial charge in [-0.1, -0.05) is 45.9 Å². The van der Waals surface area contributed by atoms with Crippen molar-refractivity contribution in [3.8, 4) is 0 Å². The van der Waals surface area contributed by atoms with Gasteiger partial charge >= 0.3 is 0 Å². The molecule has 1 aromatic carbocycles. The molecule has 2 aromatic rings. The summed E-state index contributed by atoms with van der Waals surface area (Å²) in [5.41, 5.74) is 1.63. The fourth-order valence-corrected chi connectivity index (χ4v) is 3.90. The summed E-state index contributed by atoms with van der Waals surface area (Å²) in [6.07, 6.45) is 1.64. The molecule has 3 rings (SSSR count). The highest BCUT2D eigenvalue weighted by molar-refractivity contribution is 6.05. The van der Waals surface area contributed by atoms with Crippen LogP contribution in [0.1, 0.15) is 48.4 Å². The van der Waals surface area contributed by atoms with Crippen molar-refractivity contribution in [2.75, 3.05) is 49.5 Å². The topological polar surface area (TPSA) is 77.6 Å². The summed E-state index contributed by atoms with van der Waals surface area (Å²) >= 11 is 0. The molecule has 1 aliphatic heterocycles. The number of anilines is 2. The number of aromatic nitrogens is 1. The van der Waals surface area contributed by atoms with E-state index in [4.69, 9.17) is 0 Å². The lowest BCUT2D eigenvalue weighted by Gasteiger charge is -2.32. The van der Waals surface area contributed by atoms with E-state index >= 15 is 0 Å². The molecule has 7 nitrogen and oxygen atoms in total. The van der Waals surface area contributed by atoms with Crippen LogP contribution in [-0.2, 0) is 0 Å². The number of nitrogens with one attached hydrogen (secondary N) is 2. The largest absolute Gasteiger partial charge is 0.353 e. The lowest BCUT2D eigenvalue weighted by atomic mass is 10.1. The fraction of sp³-hybridized carbons (Fsp3) is 0.480.